The summed E-state index contributed by atoms with van der Waals surface area (Å²) in [5.74, 6) is -0.705. The number of ether oxygens (including phenoxy) is 2. The molecule has 2 saturated heterocycles. The number of nitrogens with zero attached hydrogens (tertiary/aromatic N) is 2. The summed E-state index contributed by atoms with van der Waals surface area (Å²) in [6.07, 6.45) is 2.97. The normalized spacial score (nSPS) is 22.9. The Morgan fingerprint density at radius 2 is 1.13 bits per heavy atom. The average Bonchev–Trinajstić information content (AvgIpc) is 3.69. The quantitative estimate of drug-likeness (QED) is 0.288. The van der Waals surface area contributed by atoms with Crippen molar-refractivity contribution < 1.29 is 47.3 Å². The molecule has 0 aromatic heterocycles. The van der Waals surface area contributed by atoms with Crippen molar-refractivity contribution in [1.29, 1.82) is 0 Å². The number of rotatable bonds is 8. The highest BCUT2D eigenvalue weighted by atomic mass is 31.1. The predicted molar refractivity (Wildman–Crippen MR) is 199 cm³/mol. The van der Waals surface area contributed by atoms with E-state index in [1.54, 1.807) is 24.3 Å². The molecular formula is C38H51F2N4O8P. The number of carbonyl (C=O) groups excluding carboxylic acids is 5. The molecule has 53 heavy (non-hydrogen) atoms. The highest BCUT2D eigenvalue weighted by Crippen LogP contribution is 2.37. The van der Waals surface area contributed by atoms with Gasteiger partial charge in [-0.3, -0.25) is 24.2 Å². The van der Waals surface area contributed by atoms with Gasteiger partial charge in [0.15, 0.2) is 0 Å². The summed E-state index contributed by atoms with van der Waals surface area (Å²) in [5.41, 5.74) is 2.12. The molecule has 2 aromatic rings. The fourth-order valence-electron chi connectivity index (χ4n) is 6.86. The lowest BCUT2D eigenvalue weighted by Gasteiger charge is -2.26. The summed E-state index contributed by atoms with van der Waals surface area (Å²) in [5, 5.41) is 14.8. The van der Waals surface area contributed by atoms with Gasteiger partial charge >= 0.3 is 12.2 Å². The molecule has 0 radical (unpaired) electrons. The van der Waals surface area contributed by atoms with Crippen LogP contribution in [0.3, 0.4) is 0 Å². The van der Waals surface area contributed by atoms with Crippen molar-refractivity contribution in [2.45, 2.75) is 95.4 Å². The summed E-state index contributed by atoms with van der Waals surface area (Å²) >= 11 is 0. The van der Waals surface area contributed by atoms with E-state index in [0.717, 1.165) is 21.4 Å². The molecule has 2 heterocycles. The number of ketones is 1. The zero-order valence-corrected chi connectivity index (χ0v) is 31.8. The van der Waals surface area contributed by atoms with Crippen molar-refractivity contribution >= 4 is 49.7 Å². The number of carbonyl (C=O) groups is 5. The SMILES string of the molecule is CC(=O)NC[C@H]1CN(c2ccc(C3CCC(=O)CC3)c(F)c2)C(=O)O1.CC(=O)NC[C@H]1CN(c2ccc(C3CCC(O)CC3)c(F)c2)C(=O)O1.CPC. The first kappa shape index (κ1) is 41.6. The van der Waals surface area contributed by atoms with Crippen LogP contribution in [0.2, 0.25) is 0 Å². The molecule has 290 valence electrons. The fraction of sp³-hybridized carbons (Fsp3) is 0.553. The van der Waals surface area contributed by atoms with Gasteiger partial charge < -0.3 is 25.2 Å². The lowest BCUT2D eigenvalue weighted by atomic mass is 9.82. The van der Waals surface area contributed by atoms with Crippen LogP contribution in [0.15, 0.2) is 36.4 Å². The monoisotopic (exact) mass is 760 g/mol. The molecule has 0 bridgehead atoms. The topological polar surface area (TPSA) is 155 Å². The molecular weight excluding hydrogens is 709 g/mol. The second kappa shape index (κ2) is 19.8. The van der Waals surface area contributed by atoms with E-state index in [1.807, 2.05) is 0 Å². The van der Waals surface area contributed by atoms with Crippen molar-refractivity contribution in [3.8, 4) is 0 Å². The lowest BCUT2D eigenvalue weighted by molar-refractivity contribution is -0.121. The number of hydrogen-bond acceptors (Lipinski definition) is 8. The summed E-state index contributed by atoms with van der Waals surface area (Å²) < 4.78 is 39.5. The van der Waals surface area contributed by atoms with Gasteiger partial charge in [0.25, 0.3) is 0 Å². The Kier molecular flexibility index (Phi) is 15.5. The van der Waals surface area contributed by atoms with Crippen molar-refractivity contribution in [2.24, 2.45) is 0 Å². The standard InChI is InChI=1S/C18H23FN2O4.C18H21FN2O4.C2H7P/c2*1-11(22)20-9-15-10-21(18(24)25-15)13-4-7-16(17(19)8-13)12-2-5-14(23)6-3-12;1-3-2/h4,7-8,12,14-15,23H,2-3,5-6,9-10H2,1H3,(H,20,22);4,7-8,12,15H,2-3,5-6,9-10H2,1H3,(H,20,22);3H,1-2H3/t12?,14?,15-;15-;/m00./s1. The summed E-state index contributed by atoms with van der Waals surface area (Å²) in [7, 11) is 1.08. The highest BCUT2D eigenvalue weighted by Gasteiger charge is 2.34. The van der Waals surface area contributed by atoms with Crippen LogP contribution in [-0.2, 0) is 23.9 Å². The summed E-state index contributed by atoms with van der Waals surface area (Å²) in [6, 6.07) is 9.56. The van der Waals surface area contributed by atoms with E-state index < -0.39 is 24.4 Å². The number of nitrogens with one attached hydrogen (secondary N) is 2. The zero-order chi connectivity index (χ0) is 38.7. The number of cyclic esters (lactones) is 2. The maximum Gasteiger partial charge on any atom is 0.414 e. The fourth-order valence-corrected chi connectivity index (χ4v) is 6.86. The third kappa shape index (κ3) is 11.9. The smallest absolute Gasteiger partial charge is 0.414 e. The van der Waals surface area contributed by atoms with Crippen LogP contribution in [-0.4, -0.2) is 92.7 Å². The molecule has 12 nitrogen and oxygen atoms in total. The summed E-state index contributed by atoms with van der Waals surface area (Å²) in [6.45, 7) is 8.09. The van der Waals surface area contributed by atoms with E-state index in [-0.39, 0.29) is 73.4 Å². The molecule has 4 amide bonds. The van der Waals surface area contributed by atoms with Gasteiger partial charge in [-0.25, -0.2) is 18.4 Å². The number of hydrogen-bond donors (Lipinski definition) is 3. The Balaban J connectivity index is 0.000000220. The zero-order valence-electron chi connectivity index (χ0n) is 30.8. The van der Waals surface area contributed by atoms with E-state index in [1.165, 1.54) is 35.8 Å². The molecule has 2 aliphatic carbocycles. The van der Waals surface area contributed by atoms with Crippen LogP contribution < -0.4 is 20.4 Å². The number of Topliss-reactive ketones (excluding diaryl/α,β-unsaturated/α-hetero) is 1. The number of amides is 4. The van der Waals surface area contributed by atoms with Gasteiger partial charge in [0.05, 0.1) is 43.7 Å². The number of halogens is 2. The Morgan fingerprint density at radius 1 is 0.736 bits per heavy atom. The largest absolute Gasteiger partial charge is 0.442 e. The molecule has 4 aliphatic rings. The maximum atomic E-state index is 14.6. The van der Waals surface area contributed by atoms with E-state index in [4.69, 9.17) is 9.47 Å². The van der Waals surface area contributed by atoms with E-state index in [9.17, 15) is 37.9 Å². The van der Waals surface area contributed by atoms with Gasteiger partial charge in [-0.05, 0) is 99.1 Å². The van der Waals surface area contributed by atoms with Crippen LogP contribution in [0.1, 0.15) is 88.2 Å². The molecule has 2 saturated carbocycles. The number of anilines is 2. The minimum atomic E-state index is -0.550. The Hall–Kier alpha value is -4.16. The lowest BCUT2D eigenvalue weighted by Crippen LogP contribution is -2.33. The Morgan fingerprint density at radius 3 is 1.51 bits per heavy atom. The molecule has 15 heteroatoms. The number of benzene rings is 2. The third-order valence-corrected chi connectivity index (χ3v) is 9.62. The minimum Gasteiger partial charge on any atom is -0.442 e. The second-order valence-electron chi connectivity index (χ2n) is 13.8. The maximum absolute atomic E-state index is 14.6. The van der Waals surface area contributed by atoms with E-state index in [0.29, 0.717) is 61.0 Å². The van der Waals surface area contributed by atoms with Crippen LogP contribution in [0.4, 0.5) is 29.7 Å². The van der Waals surface area contributed by atoms with E-state index >= 15 is 0 Å². The highest BCUT2D eigenvalue weighted by molar-refractivity contribution is 7.35. The Labute approximate surface area is 311 Å². The first-order chi connectivity index (χ1) is 25.3. The van der Waals surface area contributed by atoms with E-state index in [2.05, 4.69) is 24.0 Å². The molecule has 2 atom stereocenters. The van der Waals surface area contributed by atoms with Crippen LogP contribution in [0.25, 0.3) is 0 Å². The van der Waals surface area contributed by atoms with Gasteiger partial charge in [0, 0.05) is 26.7 Å². The minimum absolute atomic E-state index is 0.0461. The van der Waals surface area contributed by atoms with Crippen molar-refractivity contribution in [3.63, 3.8) is 0 Å². The van der Waals surface area contributed by atoms with Crippen molar-refractivity contribution in [3.05, 3.63) is 59.2 Å². The van der Waals surface area contributed by atoms with Gasteiger partial charge in [-0.2, -0.15) is 0 Å². The Bertz CT molecular complexity index is 1610. The first-order valence-electron chi connectivity index (χ1n) is 18.1. The van der Waals surface area contributed by atoms with Gasteiger partial charge in [0.1, 0.15) is 29.6 Å². The van der Waals surface area contributed by atoms with Gasteiger partial charge in [0.2, 0.25) is 11.8 Å². The molecule has 0 unspecified atom stereocenters. The van der Waals surface area contributed by atoms with Crippen molar-refractivity contribution in [2.75, 3.05) is 49.3 Å². The molecule has 2 aromatic carbocycles. The molecule has 2 aliphatic heterocycles. The predicted octanol–water partition coefficient (Wildman–Crippen LogP) is 5.74. The molecule has 3 N–H and O–H groups in total. The molecule has 6 rings (SSSR count). The first-order valence-corrected chi connectivity index (χ1v) is 20.1. The molecule has 4 fully saturated rings. The van der Waals surface area contributed by atoms with Gasteiger partial charge in [-0.1, -0.05) is 12.1 Å². The molecule has 0 spiro atoms. The van der Waals surface area contributed by atoms with Crippen LogP contribution in [0, 0.1) is 11.6 Å². The van der Waals surface area contributed by atoms with Crippen LogP contribution >= 0.6 is 8.58 Å². The summed E-state index contributed by atoms with van der Waals surface area (Å²) in [4.78, 5) is 60.0. The average molecular weight is 761 g/mol. The number of aliphatic hydroxyl groups is 1. The second-order valence-corrected chi connectivity index (χ2v) is 14.8. The van der Waals surface area contributed by atoms with Crippen LogP contribution in [0.5, 0.6) is 0 Å². The number of aliphatic hydroxyl groups excluding tert-OH is 1. The van der Waals surface area contributed by atoms with Crippen molar-refractivity contribution in [1.82, 2.24) is 10.6 Å². The van der Waals surface area contributed by atoms with Gasteiger partial charge in [-0.15, -0.1) is 8.58 Å². The third-order valence-electron chi connectivity index (χ3n) is 9.62.